The van der Waals surface area contributed by atoms with Crippen molar-refractivity contribution in [1.82, 2.24) is 4.90 Å². The Bertz CT molecular complexity index is 920. The molecule has 7 heteroatoms. The lowest BCUT2D eigenvalue weighted by Crippen LogP contribution is -2.54. The Hall–Kier alpha value is -2.73. The van der Waals surface area contributed by atoms with Crippen LogP contribution in [0, 0.1) is 5.82 Å². The second-order valence-corrected chi connectivity index (χ2v) is 8.05. The minimum atomic E-state index is -0.944. The monoisotopic (exact) mass is 402 g/mol. The summed E-state index contributed by atoms with van der Waals surface area (Å²) < 4.78 is 13.2. The van der Waals surface area contributed by atoms with Crippen molar-refractivity contribution < 1.29 is 18.8 Å². The van der Waals surface area contributed by atoms with Gasteiger partial charge in [0.25, 0.3) is 11.8 Å². The van der Waals surface area contributed by atoms with Gasteiger partial charge in [-0.25, -0.2) is 9.29 Å². The normalized spacial score (nSPS) is 17.2. The SMILES string of the molecule is CC(C)(C)N(C(=O)c1ccc(F)cc1)C1CC(=O)N(c2ccc(Cl)cc2)C1=O. The van der Waals surface area contributed by atoms with E-state index in [0.29, 0.717) is 10.7 Å². The number of imide groups is 1. The van der Waals surface area contributed by atoms with E-state index in [1.54, 1.807) is 45.0 Å². The van der Waals surface area contributed by atoms with Crippen LogP contribution in [0.1, 0.15) is 37.6 Å². The molecule has 1 unspecified atom stereocenters. The third-order valence-electron chi connectivity index (χ3n) is 4.55. The first-order chi connectivity index (χ1) is 13.1. The summed E-state index contributed by atoms with van der Waals surface area (Å²) >= 11 is 5.88. The Labute approximate surface area is 167 Å². The highest BCUT2D eigenvalue weighted by molar-refractivity contribution is 6.31. The fraction of sp³-hybridized carbons (Fsp3) is 0.286. The van der Waals surface area contributed by atoms with Crippen molar-refractivity contribution >= 4 is 35.0 Å². The topological polar surface area (TPSA) is 57.7 Å². The number of nitrogens with zero attached hydrogens (tertiary/aromatic N) is 2. The predicted octanol–water partition coefficient (Wildman–Crippen LogP) is 4.05. The number of hydrogen-bond donors (Lipinski definition) is 0. The highest BCUT2D eigenvalue weighted by atomic mass is 35.5. The van der Waals surface area contributed by atoms with Crippen LogP contribution in [-0.2, 0) is 9.59 Å². The summed E-state index contributed by atoms with van der Waals surface area (Å²) in [6.07, 6.45) is -0.119. The molecule has 3 rings (SSSR count). The molecule has 3 amide bonds. The van der Waals surface area contributed by atoms with Crippen molar-refractivity contribution in [1.29, 1.82) is 0 Å². The zero-order valence-electron chi connectivity index (χ0n) is 15.8. The van der Waals surface area contributed by atoms with E-state index in [-0.39, 0.29) is 12.0 Å². The van der Waals surface area contributed by atoms with Gasteiger partial charge in [0.1, 0.15) is 11.9 Å². The molecule has 146 valence electrons. The molecule has 1 atom stereocenters. The number of benzene rings is 2. The minimum absolute atomic E-state index is 0.119. The largest absolute Gasteiger partial charge is 0.321 e. The zero-order chi connectivity index (χ0) is 20.6. The van der Waals surface area contributed by atoms with Gasteiger partial charge in [-0.2, -0.15) is 0 Å². The fourth-order valence-corrected chi connectivity index (χ4v) is 3.45. The average Bonchev–Trinajstić information content (AvgIpc) is 2.89. The van der Waals surface area contributed by atoms with Crippen LogP contribution in [0.2, 0.25) is 5.02 Å². The fourth-order valence-electron chi connectivity index (χ4n) is 3.32. The van der Waals surface area contributed by atoms with Gasteiger partial charge in [-0.05, 0) is 69.3 Å². The lowest BCUT2D eigenvalue weighted by Gasteiger charge is -2.39. The second-order valence-electron chi connectivity index (χ2n) is 7.62. The van der Waals surface area contributed by atoms with Crippen LogP contribution in [0.3, 0.4) is 0 Å². The highest BCUT2D eigenvalue weighted by Crippen LogP contribution is 2.31. The molecule has 0 spiro atoms. The van der Waals surface area contributed by atoms with Crippen LogP contribution in [0.15, 0.2) is 48.5 Å². The number of amides is 3. The third kappa shape index (κ3) is 3.78. The summed E-state index contributed by atoms with van der Waals surface area (Å²) in [6, 6.07) is 10.5. The Kier molecular flexibility index (Phi) is 5.26. The van der Waals surface area contributed by atoms with E-state index in [4.69, 9.17) is 11.6 Å². The van der Waals surface area contributed by atoms with E-state index in [2.05, 4.69) is 0 Å². The Morgan fingerprint density at radius 2 is 1.64 bits per heavy atom. The van der Waals surface area contributed by atoms with Crippen molar-refractivity contribution in [2.45, 2.75) is 38.8 Å². The first kappa shape index (κ1) is 20.0. The number of anilines is 1. The molecule has 0 bridgehead atoms. The summed E-state index contributed by atoms with van der Waals surface area (Å²) in [5.41, 5.74) is -0.0752. The summed E-state index contributed by atoms with van der Waals surface area (Å²) in [5, 5.41) is 0.488. The summed E-state index contributed by atoms with van der Waals surface area (Å²) in [5.74, 6) is -1.76. The van der Waals surface area contributed by atoms with Crippen molar-refractivity contribution in [2.24, 2.45) is 0 Å². The van der Waals surface area contributed by atoms with Crippen LogP contribution in [0.25, 0.3) is 0 Å². The Balaban J connectivity index is 1.96. The van der Waals surface area contributed by atoms with Gasteiger partial charge in [0.05, 0.1) is 12.1 Å². The van der Waals surface area contributed by atoms with Crippen molar-refractivity contribution in [3.05, 3.63) is 64.9 Å². The standard InChI is InChI=1S/C21H20ClFN2O3/c1-21(2,3)25(19(27)13-4-8-15(23)9-5-13)17-12-18(26)24(20(17)28)16-10-6-14(22)7-11-16/h4-11,17H,12H2,1-3H3. The molecule has 0 radical (unpaired) electrons. The van der Waals surface area contributed by atoms with Gasteiger partial charge >= 0.3 is 0 Å². The summed E-state index contributed by atoms with van der Waals surface area (Å²) in [6.45, 7) is 5.37. The highest BCUT2D eigenvalue weighted by Gasteiger charge is 2.47. The maximum absolute atomic E-state index is 13.2. The van der Waals surface area contributed by atoms with Gasteiger partial charge in [-0.15, -0.1) is 0 Å². The van der Waals surface area contributed by atoms with Crippen LogP contribution in [0.4, 0.5) is 10.1 Å². The molecule has 0 saturated carbocycles. The maximum atomic E-state index is 13.2. The molecule has 28 heavy (non-hydrogen) atoms. The van der Waals surface area contributed by atoms with E-state index < -0.39 is 35.1 Å². The Morgan fingerprint density at radius 3 is 2.18 bits per heavy atom. The molecule has 0 aliphatic carbocycles. The zero-order valence-corrected chi connectivity index (χ0v) is 16.5. The molecule has 1 aliphatic heterocycles. The quantitative estimate of drug-likeness (QED) is 0.728. The van der Waals surface area contributed by atoms with E-state index >= 15 is 0 Å². The van der Waals surface area contributed by atoms with Crippen molar-refractivity contribution in [2.75, 3.05) is 4.90 Å². The summed E-state index contributed by atoms with van der Waals surface area (Å²) in [7, 11) is 0. The molecular weight excluding hydrogens is 383 g/mol. The van der Waals surface area contributed by atoms with Crippen LogP contribution < -0.4 is 4.90 Å². The molecule has 0 aromatic heterocycles. The molecule has 2 aromatic carbocycles. The number of halogens is 2. The molecular formula is C21H20ClFN2O3. The van der Waals surface area contributed by atoms with Gasteiger partial charge in [0.2, 0.25) is 5.91 Å². The first-order valence-electron chi connectivity index (χ1n) is 8.81. The number of carbonyl (C=O) groups is 3. The van der Waals surface area contributed by atoms with Gasteiger partial charge in [0.15, 0.2) is 0 Å². The number of hydrogen-bond acceptors (Lipinski definition) is 3. The molecule has 1 heterocycles. The van der Waals surface area contributed by atoms with Crippen LogP contribution >= 0.6 is 11.6 Å². The molecule has 1 saturated heterocycles. The van der Waals surface area contributed by atoms with E-state index in [1.807, 2.05) is 0 Å². The predicted molar refractivity (Wildman–Crippen MR) is 105 cm³/mol. The third-order valence-corrected chi connectivity index (χ3v) is 4.80. The number of carbonyl (C=O) groups excluding carboxylic acids is 3. The molecule has 1 aliphatic rings. The van der Waals surface area contributed by atoms with E-state index in [1.165, 1.54) is 29.2 Å². The van der Waals surface area contributed by atoms with E-state index in [9.17, 15) is 18.8 Å². The van der Waals surface area contributed by atoms with Crippen molar-refractivity contribution in [3.63, 3.8) is 0 Å². The smallest absolute Gasteiger partial charge is 0.257 e. The van der Waals surface area contributed by atoms with Crippen LogP contribution in [-0.4, -0.2) is 34.2 Å². The minimum Gasteiger partial charge on any atom is -0.321 e. The first-order valence-corrected chi connectivity index (χ1v) is 9.19. The average molecular weight is 403 g/mol. The second kappa shape index (κ2) is 7.36. The lowest BCUT2D eigenvalue weighted by atomic mass is 9.99. The molecule has 5 nitrogen and oxygen atoms in total. The molecule has 0 N–H and O–H groups in total. The number of rotatable bonds is 3. The lowest BCUT2D eigenvalue weighted by molar-refractivity contribution is -0.123. The molecule has 2 aromatic rings. The Morgan fingerprint density at radius 1 is 1.07 bits per heavy atom. The van der Waals surface area contributed by atoms with E-state index in [0.717, 1.165) is 4.90 Å². The summed E-state index contributed by atoms with van der Waals surface area (Å²) in [4.78, 5) is 41.3. The molecule has 1 fully saturated rings. The van der Waals surface area contributed by atoms with Crippen molar-refractivity contribution in [3.8, 4) is 0 Å². The van der Waals surface area contributed by atoms with Crippen LogP contribution in [0.5, 0.6) is 0 Å². The van der Waals surface area contributed by atoms with Gasteiger partial charge in [0, 0.05) is 16.1 Å². The maximum Gasteiger partial charge on any atom is 0.257 e. The van der Waals surface area contributed by atoms with Gasteiger partial charge in [-0.3, -0.25) is 14.4 Å². The van der Waals surface area contributed by atoms with Gasteiger partial charge in [-0.1, -0.05) is 11.6 Å². The van der Waals surface area contributed by atoms with Gasteiger partial charge < -0.3 is 4.90 Å².